The number of para-hydroxylation sites is 5. The minimum absolute atomic E-state index is 0.0182. The highest BCUT2D eigenvalue weighted by Gasteiger charge is 2.49. The van der Waals surface area contributed by atoms with E-state index in [0.717, 1.165) is 133 Å². The molecule has 0 radical (unpaired) electrons. The maximum Gasteiger partial charge on any atom is 0.308 e. The van der Waals surface area contributed by atoms with Gasteiger partial charge in [-0.1, -0.05) is 149 Å². The monoisotopic (exact) mass is 1670 g/mol. The first-order valence-corrected chi connectivity index (χ1v) is 41.9. The van der Waals surface area contributed by atoms with Gasteiger partial charge in [-0.25, -0.2) is 0 Å². The normalized spacial score (nSPS) is 21.3. The smallest absolute Gasteiger partial charge is 0.308 e. The Hall–Kier alpha value is -10.9. The van der Waals surface area contributed by atoms with Crippen molar-refractivity contribution >= 4 is 29.8 Å². The highest BCUT2D eigenvalue weighted by Crippen LogP contribution is 2.44. The minimum Gasteiger partial charge on any atom is -0.497 e. The van der Waals surface area contributed by atoms with Crippen molar-refractivity contribution in [3.8, 4) is 51.7 Å². The molecule has 6 N–H and O–H groups in total. The summed E-state index contributed by atoms with van der Waals surface area (Å²) in [4.78, 5) is 71.5. The standard InChI is InChI=1S/C31H43N3O6.3C15H21NO3.3C7H8O/c1-3-4-15-33(16-7-14-32)29(35)21-34-20-24(22-10-11-26-23(19-22)12-17-39-26)30(31(36)37)25(34)13-18-40-28-9-6-5-8-27(28)38-2;3*1-4-13-14(15(17)18)12(9-16(13)2)10-5-7-11(19-3)8-6-10;3*1-8-7-5-3-2-4-6-7/h5-6,8-11,19,24-25,30H,3-4,7,12-18,20-21,32H2,1-2H3,(H,36,37);3*5-8,12-14H,4,9H2,1-3H3,(H,17,18);3*2-6H,1H3/t24-,25+,30-;3*12-,13+,14-;;;/m1111.../s1. The Kier molecular flexibility index (Phi) is 41.0. The van der Waals surface area contributed by atoms with Gasteiger partial charge >= 0.3 is 23.9 Å². The van der Waals surface area contributed by atoms with Gasteiger partial charge in [-0.2, -0.15) is 0 Å². The average molecular weight is 1670 g/mol. The molecule has 656 valence electrons. The molecule has 12 atom stereocenters. The molecule has 0 unspecified atom stereocenters. The fraction of sp³-hybridized carbons (Fsp3) is 0.454. The van der Waals surface area contributed by atoms with Crippen LogP contribution in [0, 0.1) is 23.7 Å². The van der Waals surface area contributed by atoms with E-state index in [9.17, 15) is 44.4 Å². The number of rotatable bonds is 30. The van der Waals surface area contributed by atoms with Crippen LogP contribution in [-0.2, 0) is 30.4 Å². The lowest BCUT2D eigenvalue weighted by atomic mass is 9.83. The van der Waals surface area contributed by atoms with Crippen LogP contribution in [0.3, 0.4) is 0 Å². The first-order valence-electron chi connectivity index (χ1n) is 41.9. The summed E-state index contributed by atoms with van der Waals surface area (Å²) in [7, 11) is 17.5. The second kappa shape index (κ2) is 51.0. The molecule has 8 aromatic carbocycles. The number of methoxy groups -OCH3 is 7. The first-order chi connectivity index (χ1) is 58.5. The fourth-order valence-corrected chi connectivity index (χ4v) is 17.1. The molecule has 8 aromatic rings. The van der Waals surface area contributed by atoms with E-state index in [0.29, 0.717) is 57.3 Å². The Balaban J connectivity index is 0.000000211. The van der Waals surface area contributed by atoms with Crippen LogP contribution in [-0.4, -0.2) is 235 Å². The zero-order chi connectivity index (χ0) is 87.9. The lowest BCUT2D eigenvalue weighted by molar-refractivity contribution is -0.144. The summed E-state index contributed by atoms with van der Waals surface area (Å²) < 4.78 is 47.3. The van der Waals surface area contributed by atoms with E-state index in [1.807, 2.05) is 247 Å². The number of carbonyl (C=O) groups is 5. The van der Waals surface area contributed by atoms with Crippen molar-refractivity contribution in [2.75, 3.05) is 136 Å². The molecule has 13 rings (SSSR count). The average Bonchev–Trinajstić information content (AvgIpc) is 1.65. The molecule has 0 aliphatic carbocycles. The van der Waals surface area contributed by atoms with Gasteiger partial charge in [0.1, 0.15) is 40.2 Å². The number of hydrogen-bond donors (Lipinski definition) is 5. The summed E-state index contributed by atoms with van der Waals surface area (Å²) >= 11 is 0. The number of aliphatic carboxylic acids is 4. The number of nitrogens with two attached hydrogens (primary N) is 1. The maximum atomic E-state index is 13.5. The van der Waals surface area contributed by atoms with Crippen molar-refractivity contribution in [1.29, 1.82) is 0 Å². The quantitative estimate of drug-likeness (QED) is 0.0279. The van der Waals surface area contributed by atoms with Crippen molar-refractivity contribution < 1.29 is 87.0 Å². The van der Waals surface area contributed by atoms with Crippen molar-refractivity contribution in [2.45, 2.75) is 127 Å². The second-order valence-electron chi connectivity index (χ2n) is 30.6. The van der Waals surface area contributed by atoms with E-state index in [1.54, 1.807) is 49.8 Å². The summed E-state index contributed by atoms with van der Waals surface area (Å²) in [5.74, 6) is 2.55. The third-order valence-electron chi connectivity index (χ3n) is 23.4. The van der Waals surface area contributed by atoms with Crippen molar-refractivity contribution in [1.82, 2.24) is 24.5 Å². The molecule has 4 saturated heterocycles. The Bertz CT molecular complexity index is 4040. The molecule has 5 heterocycles. The number of likely N-dealkylation sites (N-methyl/N-ethyl adjacent to an activating group) is 3. The van der Waals surface area contributed by atoms with Crippen LogP contribution in [0.2, 0.25) is 0 Å². The zero-order valence-electron chi connectivity index (χ0n) is 73.1. The fourth-order valence-electron chi connectivity index (χ4n) is 17.1. The van der Waals surface area contributed by atoms with E-state index in [1.165, 1.54) is 0 Å². The molecule has 121 heavy (non-hydrogen) atoms. The predicted octanol–water partition coefficient (Wildman–Crippen LogP) is 15.2. The summed E-state index contributed by atoms with van der Waals surface area (Å²) in [5.41, 5.74) is 11.1. The first kappa shape index (κ1) is 97.2. The Morgan fingerprint density at radius 3 is 1.09 bits per heavy atom. The molecular weight excluding hydrogens is 1540 g/mol. The van der Waals surface area contributed by atoms with Gasteiger partial charge in [-0.3, -0.25) is 28.9 Å². The number of carboxylic acids is 4. The third-order valence-corrected chi connectivity index (χ3v) is 23.4. The van der Waals surface area contributed by atoms with E-state index in [-0.39, 0.29) is 78.0 Å². The number of likely N-dealkylation sites (tertiary alicyclic amines) is 4. The van der Waals surface area contributed by atoms with Crippen molar-refractivity contribution in [2.24, 2.45) is 29.4 Å². The van der Waals surface area contributed by atoms with E-state index < -0.39 is 29.8 Å². The Morgan fingerprint density at radius 2 is 0.752 bits per heavy atom. The molecule has 5 aliphatic rings. The van der Waals surface area contributed by atoms with Gasteiger partial charge < -0.3 is 88.4 Å². The summed E-state index contributed by atoms with van der Waals surface area (Å²) in [6.45, 7) is 14.1. The summed E-state index contributed by atoms with van der Waals surface area (Å²) in [5, 5.41) is 39.0. The number of fused-ring (bicyclic) bond motifs is 1. The summed E-state index contributed by atoms with van der Waals surface area (Å²) in [6, 6.07) is 65.7. The van der Waals surface area contributed by atoms with Crippen LogP contribution in [0.5, 0.6) is 51.7 Å². The number of carbonyl (C=O) groups excluding carboxylic acids is 1. The molecule has 24 heteroatoms. The van der Waals surface area contributed by atoms with E-state index >= 15 is 0 Å². The molecule has 0 bridgehead atoms. The molecule has 5 aliphatic heterocycles. The Morgan fingerprint density at radius 1 is 0.413 bits per heavy atom. The second-order valence-corrected chi connectivity index (χ2v) is 30.6. The topological polar surface area (TPSA) is 292 Å². The van der Waals surface area contributed by atoms with Crippen LogP contribution in [0.25, 0.3) is 0 Å². The number of benzene rings is 8. The van der Waals surface area contributed by atoms with Gasteiger partial charge in [-0.05, 0) is 185 Å². The van der Waals surface area contributed by atoms with Gasteiger partial charge in [0.15, 0.2) is 11.5 Å². The van der Waals surface area contributed by atoms with Gasteiger partial charge in [0.25, 0.3) is 0 Å². The van der Waals surface area contributed by atoms with Crippen molar-refractivity contribution in [3.05, 3.63) is 234 Å². The predicted molar refractivity (Wildman–Crippen MR) is 473 cm³/mol. The lowest BCUT2D eigenvalue weighted by Gasteiger charge is -2.29. The molecule has 4 fully saturated rings. The zero-order valence-corrected chi connectivity index (χ0v) is 73.1. The van der Waals surface area contributed by atoms with Crippen LogP contribution >= 0.6 is 0 Å². The van der Waals surface area contributed by atoms with Crippen LogP contribution in [0.1, 0.15) is 124 Å². The molecule has 0 spiro atoms. The molecule has 1 amide bonds. The van der Waals surface area contributed by atoms with Crippen LogP contribution < -0.4 is 48.4 Å². The molecular formula is C97H130N6O18. The van der Waals surface area contributed by atoms with Crippen LogP contribution in [0.4, 0.5) is 0 Å². The highest BCUT2D eigenvalue weighted by atomic mass is 16.5. The number of hydrogen-bond acceptors (Lipinski definition) is 19. The number of ether oxygens (including phenoxy) is 9. The molecule has 24 nitrogen and oxygen atoms in total. The SMILES string of the molecule is CCCCN(CCCN)C(=O)CN1C[C@H](c2ccc3c(c2)CCO3)[C@@H](C(=O)O)[C@@H]1CCOc1ccccc1OC.CC[C@H]1[C@H](C(=O)O)[C@@H](c2ccc(OC)cc2)CN1C.CC[C@H]1[C@H](C(=O)O)[C@@H](c2ccc(OC)cc2)CN1C.CC[C@H]1[C@H](C(=O)O)[C@@H](c2ccc(OC)cc2)CN1C.COc1ccccc1.COc1ccccc1.COc1ccccc1. The minimum atomic E-state index is -0.857. The maximum absolute atomic E-state index is 13.5. The number of nitrogens with zero attached hydrogens (tertiary/aromatic N) is 5. The number of unbranched alkanes of at least 4 members (excludes halogenated alkanes) is 1. The van der Waals surface area contributed by atoms with E-state index in [2.05, 4.69) is 32.6 Å². The number of amides is 1. The molecule has 0 saturated carbocycles. The highest BCUT2D eigenvalue weighted by molar-refractivity contribution is 5.79. The van der Waals surface area contributed by atoms with Gasteiger partial charge in [0.2, 0.25) is 5.91 Å². The van der Waals surface area contributed by atoms with E-state index in [4.69, 9.17) is 48.4 Å². The van der Waals surface area contributed by atoms with Crippen LogP contribution in [0.15, 0.2) is 206 Å². The Labute approximate surface area is 716 Å². The third kappa shape index (κ3) is 28.1. The van der Waals surface area contributed by atoms with Gasteiger partial charge in [0.05, 0.1) is 93.2 Å². The largest absolute Gasteiger partial charge is 0.497 e. The summed E-state index contributed by atoms with van der Waals surface area (Å²) in [6.07, 6.45) is 6.52. The number of carboxylic acid groups (broad SMARTS) is 4. The lowest BCUT2D eigenvalue weighted by Crippen LogP contribution is -2.45. The van der Waals surface area contributed by atoms with Gasteiger partial charge in [-0.15, -0.1) is 0 Å². The molecule has 0 aromatic heterocycles. The van der Waals surface area contributed by atoms with Gasteiger partial charge in [0, 0.05) is 93.5 Å². The van der Waals surface area contributed by atoms with Crippen molar-refractivity contribution in [3.63, 3.8) is 0 Å².